The van der Waals surface area contributed by atoms with E-state index in [4.69, 9.17) is 4.74 Å². The van der Waals surface area contributed by atoms with E-state index in [-0.39, 0.29) is 18.9 Å². The van der Waals surface area contributed by atoms with Crippen LogP contribution in [0.4, 0.5) is 10.5 Å². The van der Waals surface area contributed by atoms with Crippen LogP contribution in [0.1, 0.15) is 36.0 Å². The quantitative estimate of drug-likeness (QED) is 0.600. The molecule has 3 amide bonds. The number of benzene rings is 2. The Morgan fingerprint density at radius 1 is 1.17 bits per heavy atom. The zero-order chi connectivity index (χ0) is 24.8. The van der Waals surface area contributed by atoms with E-state index in [0.717, 1.165) is 35.1 Å². The van der Waals surface area contributed by atoms with E-state index in [1.807, 2.05) is 30.3 Å². The molecule has 1 N–H and O–H groups in total. The highest BCUT2D eigenvalue weighted by Crippen LogP contribution is 2.46. The number of hydrogen-bond acceptors (Lipinski definition) is 6. The summed E-state index contributed by atoms with van der Waals surface area (Å²) < 4.78 is 31.1. The lowest BCUT2D eigenvalue weighted by molar-refractivity contribution is -0.142. The summed E-state index contributed by atoms with van der Waals surface area (Å²) in [7, 11) is -3.45. The van der Waals surface area contributed by atoms with Crippen LogP contribution in [0.2, 0.25) is 0 Å². The number of aryl methyl sites for hydroxylation is 1. The standard InChI is InChI=1S/C25H27N3O6S/c1-35(32,33)26-20-9-10-21-19(13-20)11-12-25(21)23(30)28(24(31)34-25)16-22(29)27(15-18-7-8-18)14-17-5-3-2-4-6-17/h2-6,9-10,13,18,26H,7-8,11-12,14-16H2,1H3/t25-/m0/s1. The fraction of sp³-hybridized carbons (Fsp3) is 0.400. The minimum absolute atomic E-state index is 0.246. The third-order valence-electron chi connectivity index (χ3n) is 6.70. The van der Waals surface area contributed by atoms with Crippen molar-refractivity contribution >= 4 is 33.6 Å². The maximum Gasteiger partial charge on any atom is 0.418 e. The number of rotatable bonds is 8. The van der Waals surface area contributed by atoms with Crippen LogP contribution in [0.25, 0.3) is 0 Å². The Labute approximate surface area is 204 Å². The number of nitrogens with zero attached hydrogens (tertiary/aromatic N) is 2. The summed E-state index contributed by atoms with van der Waals surface area (Å²) in [5.41, 5.74) is 1.15. The van der Waals surface area contributed by atoms with Crippen LogP contribution in [0.3, 0.4) is 0 Å². The number of carbonyl (C=O) groups is 3. The van der Waals surface area contributed by atoms with Gasteiger partial charge in [0.15, 0.2) is 0 Å². The third-order valence-corrected chi connectivity index (χ3v) is 7.31. The van der Waals surface area contributed by atoms with Gasteiger partial charge in [-0.15, -0.1) is 0 Å². The van der Waals surface area contributed by atoms with Crippen molar-refractivity contribution in [2.45, 2.75) is 37.8 Å². The molecule has 9 nitrogen and oxygen atoms in total. The predicted octanol–water partition coefficient (Wildman–Crippen LogP) is 2.62. The van der Waals surface area contributed by atoms with Crippen molar-refractivity contribution in [1.82, 2.24) is 9.80 Å². The van der Waals surface area contributed by atoms with Gasteiger partial charge in [-0.05, 0) is 48.4 Å². The molecule has 0 radical (unpaired) electrons. The van der Waals surface area contributed by atoms with E-state index in [2.05, 4.69) is 4.72 Å². The minimum atomic E-state index is -3.45. The average molecular weight is 498 g/mol. The third kappa shape index (κ3) is 4.75. The predicted molar refractivity (Wildman–Crippen MR) is 128 cm³/mol. The van der Waals surface area contributed by atoms with Gasteiger partial charge >= 0.3 is 6.09 Å². The Hall–Kier alpha value is -3.40. The first kappa shape index (κ1) is 23.3. The molecule has 2 fully saturated rings. The molecule has 1 atom stereocenters. The second kappa shape index (κ2) is 8.67. The Bertz CT molecular complexity index is 1290. The monoisotopic (exact) mass is 497 g/mol. The molecule has 10 heteroatoms. The first-order valence-corrected chi connectivity index (χ1v) is 13.5. The molecule has 2 aromatic rings. The molecule has 3 aliphatic rings. The summed E-state index contributed by atoms with van der Waals surface area (Å²) in [6, 6.07) is 14.4. The van der Waals surface area contributed by atoms with Gasteiger partial charge in [0.1, 0.15) is 6.54 Å². The van der Waals surface area contributed by atoms with Crippen LogP contribution in [0.15, 0.2) is 48.5 Å². The van der Waals surface area contributed by atoms with Crippen molar-refractivity contribution in [2.75, 3.05) is 24.1 Å². The van der Waals surface area contributed by atoms with E-state index in [1.54, 1.807) is 23.1 Å². The number of amides is 3. The van der Waals surface area contributed by atoms with Crippen LogP contribution in [0.5, 0.6) is 0 Å². The molecule has 2 aliphatic carbocycles. The highest BCUT2D eigenvalue weighted by atomic mass is 32.2. The fourth-order valence-corrected chi connectivity index (χ4v) is 5.39. The second-order valence-corrected chi connectivity index (χ2v) is 11.3. The zero-order valence-corrected chi connectivity index (χ0v) is 20.2. The lowest BCUT2D eigenvalue weighted by Crippen LogP contribution is -2.45. The molecule has 1 spiro atoms. The van der Waals surface area contributed by atoms with E-state index in [9.17, 15) is 22.8 Å². The molecular formula is C25H27N3O6S. The molecule has 0 bridgehead atoms. The Morgan fingerprint density at radius 2 is 1.91 bits per heavy atom. The number of anilines is 1. The van der Waals surface area contributed by atoms with Crippen molar-refractivity contribution in [3.63, 3.8) is 0 Å². The summed E-state index contributed by atoms with van der Waals surface area (Å²) in [6.45, 7) is 0.633. The number of ether oxygens (including phenoxy) is 1. The van der Waals surface area contributed by atoms with E-state index in [0.29, 0.717) is 36.7 Å². The van der Waals surface area contributed by atoms with Gasteiger partial charge in [0.25, 0.3) is 5.91 Å². The molecule has 1 saturated carbocycles. The second-order valence-electron chi connectivity index (χ2n) is 9.54. The largest absolute Gasteiger partial charge is 0.427 e. The fourth-order valence-electron chi connectivity index (χ4n) is 4.84. The van der Waals surface area contributed by atoms with E-state index >= 15 is 0 Å². The van der Waals surface area contributed by atoms with Crippen molar-refractivity contribution in [1.29, 1.82) is 0 Å². The smallest absolute Gasteiger partial charge is 0.418 e. The Balaban J connectivity index is 1.34. The van der Waals surface area contributed by atoms with Gasteiger partial charge in [-0.3, -0.25) is 14.3 Å². The lowest BCUT2D eigenvalue weighted by atomic mass is 9.94. The van der Waals surface area contributed by atoms with Crippen LogP contribution in [-0.2, 0) is 42.9 Å². The number of nitrogens with one attached hydrogen (secondary N) is 1. The van der Waals surface area contributed by atoms with Gasteiger partial charge < -0.3 is 9.64 Å². The van der Waals surface area contributed by atoms with E-state index in [1.165, 1.54) is 0 Å². The first-order chi connectivity index (χ1) is 16.6. The molecule has 184 valence electrons. The maximum atomic E-state index is 13.5. The van der Waals surface area contributed by atoms with Gasteiger partial charge in [0.2, 0.25) is 21.5 Å². The molecule has 35 heavy (non-hydrogen) atoms. The van der Waals surface area contributed by atoms with Crippen molar-refractivity contribution < 1.29 is 27.5 Å². The number of hydrogen-bond donors (Lipinski definition) is 1. The molecular weight excluding hydrogens is 470 g/mol. The van der Waals surface area contributed by atoms with Crippen LogP contribution in [0, 0.1) is 5.92 Å². The number of carbonyl (C=O) groups excluding carboxylic acids is 3. The molecule has 0 aromatic heterocycles. The summed E-state index contributed by atoms with van der Waals surface area (Å²) in [5, 5.41) is 0. The molecule has 0 unspecified atom stereocenters. The minimum Gasteiger partial charge on any atom is -0.427 e. The summed E-state index contributed by atoms with van der Waals surface area (Å²) in [6.07, 6.45) is 3.05. The Morgan fingerprint density at radius 3 is 2.60 bits per heavy atom. The molecule has 2 aromatic carbocycles. The van der Waals surface area contributed by atoms with Crippen molar-refractivity contribution in [3.8, 4) is 0 Å². The topological polar surface area (TPSA) is 113 Å². The molecule has 1 saturated heterocycles. The van der Waals surface area contributed by atoms with Gasteiger partial charge in [-0.2, -0.15) is 0 Å². The van der Waals surface area contributed by atoms with Gasteiger partial charge in [-0.1, -0.05) is 36.4 Å². The number of fused-ring (bicyclic) bond motifs is 2. The highest BCUT2D eigenvalue weighted by Gasteiger charge is 2.58. The van der Waals surface area contributed by atoms with Crippen LogP contribution < -0.4 is 4.72 Å². The SMILES string of the molecule is CS(=O)(=O)Nc1ccc2c(c1)CC[C@]21OC(=O)N(CC(=O)N(Cc2ccccc2)CC2CC2)C1=O. The Kier molecular flexibility index (Phi) is 5.79. The summed E-state index contributed by atoms with van der Waals surface area (Å²) >= 11 is 0. The lowest BCUT2D eigenvalue weighted by Gasteiger charge is -2.25. The van der Waals surface area contributed by atoms with E-state index < -0.39 is 27.6 Å². The van der Waals surface area contributed by atoms with Crippen molar-refractivity contribution in [3.05, 3.63) is 65.2 Å². The normalized spacial score (nSPS) is 21.2. The zero-order valence-electron chi connectivity index (χ0n) is 19.4. The highest BCUT2D eigenvalue weighted by molar-refractivity contribution is 7.92. The van der Waals surface area contributed by atoms with Crippen LogP contribution in [-0.4, -0.2) is 55.5 Å². The molecule has 1 aliphatic heterocycles. The van der Waals surface area contributed by atoms with Gasteiger partial charge in [0.05, 0.1) is 6.26 Å². The first-order valence-electron chi connectivity index (χ1n) is 11.6. The maximum absolute atomic E-state index is 13.5. The summed E-state index contributed by atoms with van der Waals surface area (Å²) in [5.74, 6) is -0.398. The molecule has 1 heterocycles. The average Bonchev–Trinajstić information content (AvgIpc) is 3.51. The number of imide groups is 1. The number of sulfonamides is 1. The van der Waals surface area contributed by atoms with Gasteiger partial charge in [-0.25, -0.2) is 18.1 Å². The van der Waals surface area contributed by atoms with Crippen molar-refractivity contribution in [2.24, 2.45) is 5.92 Å². The summed E-state index contributed by atoms with van der Waals surface area (Å²) in [4.78, 5) is 42.1. The van der Waals surface area contributed by atoms with Gasteiger partial charge in [0, 0.05) is 30.8 Å². The van der Waals surface area contributed by atoms with Crippen LogP contribution >= 0.6 is 0 Å². The molecule has 5 rings (SSSR count).